The van der Waals surface area contributed by atoms with E-state index in [4.69, 9.17) is 5.11 Å². The van der Waals surface area contributed by atoms with Crippen LogP contribution in [0.4, 0.5) is 0 Å². The number of thiophene rings is 1. The Kier molecular flexibility index (Phi) is 4.37. The smallest absolute Gasteiger partial charge is 0.328 e. The number of carbonyl (C=O) groups is 2. The Morgan fingerprint density at radius 3 is 3.00 bits per heavy atom. The van der Waals surface area contributed by atoms with E-state index in [1.54, 1.807) is 11.4 Å². The number of carboxylic acid groups (broad SMARTS) is 1. The maximum absolute atomic E-state index is 12.3. The van der Waals surface area contributed by atoms with Crippen LogP contribution in [0.3, 0.4) is 0 Å². The Labute approximate surface area is 116 Å². The summed E-state index contributed by atoms with van der Waals surface area (Å²) in [4.78, 5) is 25.4. The quantitative estimate of drug-likeness (QED) is 0.865. The zero-order valence-corrected chi connectivity index (χ0v) is 11.7. The van der Waals surface area contributed by atoms with Crippen LogP contribution in [0.25, 0.3) is 6.08 Å². The van der Waals surface area contributed by atoms with Crippen LogP contribution in [-0.2, 0) is 4.79 Å². The van der Waals surface area contributed by atoms with Gasteiger partial charge in [0, 0.05) is 29.4 Å². The lowest BCUT2D eigenvalue weighted by Gasteiger charge is -2.30. The van der Waals surface area contributed by atoms with Gasteiger partial charge in [-0.3, -0.25) is 4.79 Å². The summed E-state index contributed by atoms with van der Waals surface area (Å²) in [5.41, 5.74) is 0.657. The molecule has 19 heavy (non-hydrogen) atoms. The van der Waals surface area contributed by atoms with Gasteiger partial charge in [-0.1, -0.05) is 6.92 Å². The standard InChI is InChI=1S/C14H17NO3S/c1-10-3-2-6-15(8-10)14(18)11-7-12(19-9-11)4-5-13(16)17/h4-5,7,9-10H,2-3,6,8H2,1H3,(H,16,17). The summed E-state index contributed by atoms with van der Waals surface area (Å²) >= 11 is 1.39. The van der Waals surface area contributed by atoms with Gasteiger partial charge in [-0.05, 0) is 30.9 Å². The molecule has 1 amide bonds. The third-order valence-electron chi connectivity index (χ3n) is 3.20. The van der Waals surface area contributed by atoms with Crippen LogP contribution in [0.2, 0.25) is 0 Å². The molecule has 5 heteroatoms. The lowest BCUT2D eigenvalue weighted by Crippen LogP contribution is -2.38. The van der Waals surface area contributed by atoms with Gasteiger partial charge in [0.25, 0.3) is 5.91 Å². The second-order valence-electron chi connectivity index (χ2n) is 4.91. The zero-order valence-electron chi connectivity index (χ0n) is 10.8. The number of hydrogen-bond donors (Lipinski definition) is 1. The minimum Gasteiger partial charge on any atom is -0.478 e. The number of likely N-dealkylation sites (tertiary alicyclic amines) is 1. The van der Waals surface area contributed by atoms with E-state index in [1.807, 2.05) is 4.90 Å². The average molecular weight is 279 g/mol. The second kappa shape index (κ2) is 6.02. The van der Waals surface area contributed by atoms with Gasteiger partial charge in [-0.2, -0.15) is 0 Å². The molecule has 1 saturated heterocycles. The Balaban J connectivity index is 2.05. The van der Waals surface area contributed by atoms with Crippen LogP contribution in [0.5, 0.6) is 0 Å². The van der Waals surface area contributed by atoms with Crippen LogP contribution >= 0.6 is 11.3 Å². The van der Waals surface area contributed by atoms with Gasteiger partial charge in [-0.15, -0.1) is 11.3 Å². The largest absolute Gasteiger partial charge is 0.478 e. The van der Waals surface area contributed by atoms with Gasteiger partial charge in [0.2, 0.25) is 0 Å². The van der Waals surface area contributed by atoms with Crippen molar-refractivity contribution in [3.05, 3.63) is 28.0 Å². The van der Waals surface area contributed by atoms with E-state index in [2.05, 4.69) is 6.92 Å². The third kappa shape index (κ3) is 3.67. The molecule has 4 nitrogen and oxygen atoms in total. The Morgan fingerprint density at radius 1 is 1.53 bits per heavy atom. The summed E-state index contributed by atoms with van der Waals surface area (Å²) < 4.78 is 0. The molecule has 0 spiro atoms. The zero-order chi connectivity index (χ0) is 13.8. The molecule has 0 aliphatic carbocycles. The average Bonchev–Trinajstić information content (AvgIpc) is 2.84. The van der Waals surface area contributed by atoms with E-state index < -0.39 is 5.97 Å². The molecule has 102 valence electrons. The molecule has 1 fully saturated rings. The number of piperidine rings is 1. The number of aliphatic carboxylic acids is 1. The monoisotopic (exact) mass is 279 g/mol. The third-order valence-corrected chi connectivity index (χ3v) is 4.10. The van der Waals surface area contributed by atoms with Crippen molar-refractivity contribution < 1.29 is 14.7 Å². The SMILES string of the molecule is CC1CCCN(C(=O)c2csc(C=CC(=O)O)c2)C1. The molecule has 1 unspecified atom stereocenters. The van der Waals surface area contributed by atoms with Crippen molar-refractivity contribution in [2.75, 3.05) is 13.1 Å². The van der Waals surface area contributed by atoms with E-state index in [9.17, 15) is 9.59 Å². The van der Waals surface area contributed by atoms with Crippen LogP contribution < -0.4 is 0 Å². The lowest BCUT2D eigenvalue weighted by molar-refractivity contribution is -0.131. The van der Waals surface area contributed by atoms with Crippen LogP contribution in [0.1, 0.15) is 35.0 Å². The van der Waals surface area contributed by atoms with Gasteiger partial charge in [0.1, 0.15) is 0 Å². The summed E-state index contributed by atoms with van der Waals surface area (Å²) in [7, 11) is 0. The van der Waals surface area contributed by atoms with Gasteiger partial charge in [0.05, 0.1) is 5.56 Å². The minimum absolute atomic E-state index is 0.0535. The molecule has 0 bridgehead atoms. The maximum atomic E-state index is 12.3. The first-order valence-electron chi connectivity index (χ1n) is 6.35. The van der Waals surface area contributed by atoms with Gasteiger partial charge in [-0.25, -0.2) is 4.79 Å². The predicted octanol–water partition coefficient (Wildman–Crippen LogP) is 2.72. The van der Waals surface area contributed by atoms with Gasteiger partial charge in [0.15, 0.2) is 0 Å². The summed E-state index contributed by atoms with van der Waals surface area (Å²) in [5.74, 6) is -0.369. The Bertz CT molecular complexity index is 507. The number of hydrogen-bond acceptors (Lipinski definition) is 3. The molecule has 0 radical (unpaired) electrons. The fourth-order valence-corrected chi connectivity index (χ4v) is 3.04. The highest BCUT2D eigenvalue weighted by molar-refractivity contribution is 7.11. The summed E-state index contributed by atoms with van der Waals surface area (Å²) in [5, 5.41) is 10.4. The molecule has 0 saturated carbocycles. The fourth-order valence-electron chi connectivity index (χ4n) is 2.26. The molecule has 1 aliphatic rings. The van der Waals surface area contributed by atoms with E-state index in [-0.39, 0.29) is 5.91 Å². The first-order chi connectivity index (χ1) is 9.06. The van der Waals surface area contributed by atoms with E-state index in [0.29, 0.717) is 11.5 Å². The van der Waals surface area contributed by atoms with E-state index >= 15 is 0 Å². The van der Waals surface area contributed by atoms with Gasteiger partial charge < -0.3 is 10.0 Å². The number of carboxylic acids is 1. The maximum Gasteiger partial charge on any atom is 0.328 e. The van der Waals surface area contributed by atoms with Crippen LogP contribution in [-0.4, -0.2) is 35.0 Å². The van der Waals surface area contributed by atoms with Crippen molar-refractivity contribution in [3.8, 4) is 0 Å². The first kappa shape index (κ1) is 13.8. The molecule has 0 aromatic carbocycles. The van der Waals surface area contributed by atoms with Crippen molar-refractivity contribution in [2.45, 2.75) is 19.8 Å². The Hall–Kier alpha value is -1.62. The molecule has 2 rings (SSSR count). The van der Waals surface area contributed by atoms with Crippen molar-refractivity contribution >= 4 is 29.3 Å². The van der Waals surface area contributed by atoms with Crippen LogP contribution in [0.15, 0.2) is 17.5 Å². The molecule has 1 N–H and O–H groups in total. The summed E-state index contributed by atoms with van der Waals surface area (Å²) in [6.45, 7) is 3.79. The van der Waals surface area contributed by atoms with E-state index in [0.717, 1.165) is 30.5 Å². The molecule has 1 aromatic heterocycles. The van der Waals surface area contributed by atoms with Crippen molar-refractivity contribution in [1.29, 1.82) is 0 Å². The Morgan fingerprint density at radius 2 is 2.32 bits per heavy atom. The summed E-state index contributed by atoms with van der Waals surface area (Å²) in [6, 6.07) is 1.76. The van der Waals surface area contributed by atoms with Crippen molar-refractivity contribution in [1.82, 2.24) is 4.90 Å². The second-order valence-corrected chi connectivity index (χ2v) is 5.85. The minimum atomic E-state index is -0.980. The number of carbonyl (C=O) groups excluding carboxylic acids is 1. The molecule has 1 aromatic rings. The first-order valence-corrected chi connectivity index (χ1v) is 7.23. The molecular weight excluding hydrogens is 262 g/mol. The predicted molar refractivity (Wildman–Crippen MR) is 75.3 cm³/mol. The number of rotatable bonds is 3. The van der Waals surface area contributed by atoms with E-state index in [1.165, 1.54) is 23.8 Å². The summed E-state index contributed by atoms with van der Waals surface area (Å²) in [6.07, 6.45) is 4.84. The molecule has 1 atom stereocenters. The molecular formula is C14H17NO3S. The number of amides is 1. The normalized spacial score (nSPS) is 19.8. The van der Waals surface area contributed by atoms with Crippen LogP contribution in [0, 0.1) is 5.92 Å². The lowest BCUT2D eigenvalue weighted by atomic mass is 10.00. The highest BCUT2D eigenvalue weighted by Crippen LogP contribution is 2.21. The molecule has 1 aliphatic heterocycles. The van der Waals surface area contributed by atoms with Crippen molar-refractivity contribution in [3.63, 3.8) is 0 Å². The highest BCUT2D eigenvalue weighted by Gasteiger charge is 2.22. The van der Waals surface area contributed by atoms with Crippen molar-refractivity contribution in [2.24, 2.45) is 5.92 Å². The highest BCUT2D eigenvalue weighted by atomic mass is 32.1. The molecule has 2 heterocycles. The fraction of sp³-hybridized carbons (Fsp3) is 0.429. The topological polar surface area (TPSA) is 57.6 Å². The van der Waals surface area contributed by atoms with Gasteiger partial charge >= 0.3 is 5.97 Å². The number of nitrogens with zero attached hydrogens (tertiary/aromatic N) is 1.